The fraction of sp³-hybridized carbons (Fsp3) is 0.136. The highest BCUT2D eigenvalue weighted by molar-refractivity contribution is 8.01. The van der Waals surface area contributed by atoms with Crippen LogP contribution in [0.4, 0.5) is 15.8 Å². The van der Waals surface area contributed by atoms with Gasteiger partial charge in [-0.25, -0.2) is 4.39 Å². The maximum absolute atomic E-state index is 13.0. The summed E-state index contributed by atoms with van der Waals surface area (Å²) in [6, 6.07) is 19.3. The van der Waals surface area contributed by atoms with Gasteiger partial charge in [0.2, 0.25) is 0 Å². The zero-order valence-corrected chi connectivity index (χ0v) is 17.6. The molecule has 0 saturated carbocycles. The Kier molecular flexibility index (Phi) is 7.06. The lowest BCUT2D eigenvalue weighted by Crippen LogP contribution is -2.06. The number of hydrogen-bond acceptors (Lipinski definition) is 5. The second-order valence-corrected chi connectivity index (χ2v) is 8.71. The standard InChI is InChI=1S/C22H22FN3OS2/c1-29(27)22-5-3-2-4-21(22)28-26-17-11-13-20(25)18(14-17)19(24)12-8-15-6-9-16(23)10-7-15/h2-7,9-11,13-14,24,26H,8,12,25H2,1H3. The fourth-order valence-corrected chi connectivity index (χ4v) is 4.59. The number of nitrogens with one attached hydrogen (secondary N) is 2. The normalized spacial score (nSPS) is 11.8. The molecule has 1 unspecified atom stereocenters. The van der Waals surface area contributed by atoms with Crippen LogP contribution in [0.15, 0.2) is 76.5 Å². The van der Waals surface area contributed by atoms with Crippen LogP contribution in [0.25, 0.3) is 0 Å². The smallest absolute Gasteiger partial charge is 0.123 e. The molecule has 0 aliphatic heterocycles. The summed E-state index contributed by atoms with van der Waals surface area (Å²) in [5.74, 6) is -0.266. The highest BCUT2D eigenvalue weighted by Crippen LogP contribution is 2.28. The van der Waals surface area contributed by atoms with Crippen LogP contribution in [-0.2, 0) is 17.2 Å². The van der Waals surface area contributed by atoms with Gasteiger partial charge in [0.1, 0.15) is 5.82 Å². The van der Waals surface area contributed by atoms with E-state index in [0.29, 0.717) is 29.8 Å². The minimum absolute atomic E-state index is 0.266. The van der Waals surface area contributed by atoms with E-state index in [-0.39, 0.29) is 5.82 Å². The molecule has 1 atom stereocenters. The van der Waals surface area contributed by atoms with Crippen molar-refractivity contribution in [1.29, 1.82) is 5.41 Å². The van der Waals surface area contributed by atoms with Gasteiger partial charge < -0.3 is 15.9 Å². The predicted molar refractivity (Wildman–Crippen MR) is 121 cm³/mol. The first kappa shape index (κ1) is 21.1. The van der Waals surface area contributed by atoms with Crippen molar-refractivity contribution >= 4 is 39.8 Å². The lowest BCUT2D eigenvalue weighted by atomic mass is 10.0. The van der Waals surface area contributed by atoms with E-state index < -0.39 is 10.8 Å². The first-order chi connectivity index (χ1) is 13.9. The zero-order valence-electron chi connectivity index (χ0n) is 15.9. The lowest BCUT2D eigenvalue weighted by molar-refractivity contribution is 0.627. The zero-order chi connectivity index (χ0) is 20.8. The van der Waals surface area contributed by atoms with E-state index in [2.05, 4.69) is 4.72 Å². The monoisotopic (exact) mass is 427 g/mol. The van der Waals surface area contributed by atoms with Gasteiger partial charge in [-0.3, -0.25) is 4.21 Å². The molecule has 0 aliphatic rings. The number of rotatable bonds is 8. The minimum atomic E-state index is -1.07. The molecule has 4 nitrogen and oxygen atoms in total. The molecule has 0 bridgehead atoms. The maximum Gasteiger partial charge on any atom is 0.123 e. The molecule has 3 rings (SSSR count). The average Bonchev–Trinajstić information content (AvgIpc) is 2.72. The Hall–Kier alpha value is -2.64. The topological polar surface area (TPSA) is 79.0 Å². The molecule has 3 aromatic rings. The summed E-state index contributed by atoms with van der Waals surface area (Å²) in [5, 5.41) is 8.42. The van der Waals surface area contributed by atoms with Gasteiger partial charge in [-0.1, -0.05) is 24.3 Å². The largest absolute Gasteiger partial charge is 0.398 e. The van der Waals surface area contributed by atoms with E-state index >= 15 is 0 Å². The van der Waals surface area contributed by atoms with Gasteiger partial charge in [0.15, 0.2) is 0 Å². The first-order valence-corrected chi connectivity index (χ1v) is 11.4. The number of benzene rings is 3. The Labute approximate surface area is 176 Å². The van der Waals surface area contributed by atoms with Crippen molar-refractivity contribution in [3.63, 3.8) is 0 Å². The Morgan fingerprint density at radius 2 is 1.86 bits per heavy atom. The van der Waals surface area contributed by atoms with Gasteiger partial charge in [0, 0.05) is 33.8 Å². The van der Waals surface area contributed by atoms with Crippen molar-refractivity contribution in [1.82, 2.24) is 0 Å². The summed E-state index contributed by atoms with van der Waals surface area (Å²) in [7, 11) is -1.07. The Morgan fingerprint density at radius 1 is 1.14 bits per heavy atom. The van der Waals surface area contributed by atoms with Gasteiger partial charge >= 0.3 is 0 Å². The molecule has 0 saturated heterocycles. The fourth-order valence-electron chi connectivity index (χ4n) is 2.82. The van der Waals surface area contributed by atoms with Crippen molar-refractivity contribution in [2.75, 3.05) is 16.7 Å². The third kappa shape index (κ3) is 5.68. The van der Waals surface area contributed by atoms with Crippen molar-refractivity contribution in [2.45, 2.75) is 22.6 Å². The van der Waals surface area contributed by atoms with Crippen LogP contribution >= 0.6 is 11.9 Å². The predicted octanol–water partition coefficient (Wildman–Crippen LogP) is 5.27. The minimum Gasteiger partial charge on any atom is -0.398 e. The molecule has 0 heterocycles. The average molecular weight is 428 g/mol. The van der Waals surface area contributed by atoms with E-state index in [0.717, 1.165) is 21.0 Å². The summed E-state index contributed by atoms with van der Waals surface area (Å²) in [6.45, 7) is 0. The Morgan fingerprint density at radius 3 is 2.59 bits per heavy atom. The lowest BCUT2D eigenvalue weighted by Gasteiger charge is -2.12. The molecule has 0 aromatic heterocycles. The van der Waals surface area contributed by atoms with Crippen molar-refractivity contribution in [3.05, 3.63) is 83.7 Å². The SMILES string of the molecule is CS(=O)c1ccccc1SNc1ccc(N)c(C(=N)CCc2ccc(F)cc2)c1. The Bertz CT molecular complexity index is 1040. The second-order valence-electron chi connectivity index (χ2n) is 6.51. The number of anilines is 2. The number of halogens is 1. The highest BCUT2D eigenvalue weighted by atomic mass is 32.2. The first-order valence-electron chi connectivity index (χ1n) is 9.01. The molecule has 4 N–H and O–H groups in total. The van der Waals surface area contributed by atoms with Crippen molar-refractivity contribution in [2.24, 2.45) is 0 Å². The van der Waals surface area contributed by atoms with Gasteiger partial charge in [-0.05, 0) is 72.8 Å². The number of aryl methyl sites for hydroxylation is 1. The summed E-state index contributed by atoms with van der Waals surface area (Å²) in [6.07, 6.45) is 2.80. The third-order valence-corrected chi connectivity index (χ3v) is 6.41. The van der Waals surface area contributed by atoms with Crippen LogP contribution in [0, 0.1) is 11.2 Å². The van der Waals surface area contributed by atoms with Gasteiger partial charge in [-0.2, -0.15) is 0 Å². The van der Waals surface area contributed by atoms with Crippen molar-refractivity contribution in [3.8, 4) is 0 Å². The molecule has 150 valence electrons. The molecule has 0 amide bonds. The van der Waals surface area contributed by atoms with Crippen LogP contribution in [-0.4, -0.2) is 16.2 Å². The maximum atomic E-state index is 13.0. The Balaban J connectivity index is 1.68. The molecule has 0 spiro atoms. The molecule has 0 radical (unpaired) electrons. The molecular formula is C22H22FN3OS2. The van der Waals surface area contributed by atoms with Gasteiger partial charge in [0.25, 0.3) is 0 Å². The second kappa shape index (κ2) is 9.71. The van der Waals surface area contributed by atoms with E-state index in [1.54, 1.807) is 24.5 Å². The van der Waals surface area contributed by atoms with E-state index in [1.807, 2.05) is 36.4 Å². The van der Waals surface area contributed by atoms with E-state index in [9.17, 15) is 8.60 Å². The van der Waals surface area contributed by atoms with Crippen LogP contribution in [0.3, 0.4) is 0 Å². The van der Waals surface area contributed by atoms with E-state index in [1.165, 1.54) is 24.1 Å². The molecule has 3 aromatic carbocycles. The summed E-state index contributed by atoms with van der Waals surface area (Å²) in [4.78, 5) is 1.66. The quantitative estimate of drug-likeness (QED) is 0.260. The van der Waals surface area contributed by atoms with Crippen LogP contribution in [0.2, 0.25) is 0 Å². The molecule has 7 heteroatoms. The van der Waals surface area contributed by atoms with Crippen LogP contribution in [0.1, 0.15) is 17.5 Å². The van der Waals surface area contributed by atoms with Gasteiger partial charge in [0.05, 0.1) is 15.7 Å². The molecule has 0 fully saturated rings. The summed E-state index contributed by atoms with van der Waals surface area (Å²) >= 11 is 1.38. The molecule has 0 aliphatic carbocycles. The summed E-state index contributed by atoms with van der Waals surface area (Å²) < 4.78 is 28.2. The summed E-state index contributed by atoms with van der Waals surface area (Å²) in [5.41, 5.74) is 9.51. The number of nitrogens with two attached hydrogens (primary N) is 1. The molecule has 29 heavy (non-hydrogen) atoms. The number of hydrogen-bond donors (Lipinski definition) is 3. The molecular weight excluding hydrogens is 405 g/mol. The van der Waals surface area contributed by atoms with Crippen molar-refractivity contribution < 1.29 is 8.60 Å². The third-order valence-electron chi connectivity index (χ3n) is 4.39. The number of nitrogen functional groups attached to an aromatic ring is 1. The van der Waals surface area contributed by atoms with Crippen LogP contribution < -0.4 is 10.5 Å². The highest BCUT2D eigenvalue weighted by Gasteiger charge is 2.10. The van der Waals surface area contributed by atoms with Gasteiger partial charge in [-0.15, -0.1) is 0 Å². The van der Waals surface area contributed by atoms with Crippen LogP contribution in [0.5, 0.6) is 0 Å². The van der Waals surface area contributed by atoms with E-state index in [4.69, 9.17) is 11.1 Å².